The maximum atomic E-state index is 10.4. The minimum absolute atomic E-state index is 0.388. The summed E-state index contributed by atoms with van der Waals surface area (Å²) in [6.45, 7) is 3.88. The van der Waals surface area contributed by atoms with Crippen LogP contribution < -0.4 is 4.74 Å². The van der Waals surface area contributed by atoms with Gasteiger partial charge in [-0.3, -0.25) is 0 Å². The summed E-state index contributed by atoms with van der Waals surface area (Å²) in [6.07, 6.45) is 1.65. The van der Waals surface area contributed by atoms with Gasteiger partial charge in [0.15, 0.2) is 6.29 Å². The van der Waals surface area contributed by atoms with E-state index in [9.17, 15) is 4.79 Å². The highest BCUT2D eigenvalue weighted by Gasteiger charge is 2.02. The SMILES string of the molecule is C=C[C@H](C=O)OCc1ccc(OC)cc1. The number of benzene rings is 1. The van der Waals surface area contributed by atoms with Crippen LogP contribution in [0.3, 0.4) is 0 Å². The number of carbonyl (C=O) groups excluding carboxylic acids is 1. The van der Waals surface area contributed by atoms with E-state index in [0.717, 1.165) is 17.6 Å². The lowest BCUT2D eigenvalue weighted by molar-refractivity contribution is -0.116. The Bertz CT molecular complexity index is 308. The van der Waals surface area contributed by atoms with Gasteiger partial charge < -0.3 is 14.3 Å². The third kappa shape index (κ3) is 3.56. The zero-order chi connectivity index (χ0) is 11.1. The molecule has 0 aromatic heterocycles. The Kier molecular flexibility index (Phi) is 4.57. The van der Waals surface area contributed by atoms with Crippen LogP contribution in [0.1, 0.15) is 5.56 Å². The first-order valence-electron chi connectivity index (χ1n) is 4.62. The summed E-state index contributed by atoms with van der Waals surface area (Å²) in [6, 6.07) is 7.48. The second kappa shape index (κ2) is 5.98. The van der Waals surface area contributed by atoms with E-state index in [1.165, 1.54) is 6.08 Å². The highest BCUT2D eigenvalue weighted by molar-refractivity contribution is 5.58. The third-order valence-corrected chi connectivity index (χ3v) is 1.97. The largest absolute Gasteiger partial charge is 0.497 e. The second-order valence-corrected chi connectivity index (χ2v) is 3.00. The molecule has 0 heterocycles. The molecule has 0 N–H and O–H groups in total. The predicted octanol–water partition coefficient (Wildman–Crippen LogP) is 1.97. The van der Waals surface area contributed by atoms with Crippen molar-refractivity contribution in [1.82, 2.24) is 0 Å². The molecule has 0 bridgehead atoms. The Balaban J connectivity index is 2.50. The molecule has 0 saturated heterocycles. The highest BCUT2D eigenvalue weighted by atomic mass is 16.5. The van der Waals surface area contributed by atoms with Crippen LogP contribution in [-0.4, -0.2) is 19.5 Å². The Labute approximate surface area is 89.3 Å². The molecule has 3 nitrogen and oxygen atoms in total. The first-order valence-corrected chi connectivity index (χ1v) is 4.62. The van der Waals surface area contributed by atoms with Crippen LogP contribution in [0, 0.1) is 0 Å². The molecule has 1 aromatic rings. The smallest absolute Gasteiger partial charge is 0.152 e. The van der Waals surface area contributed by atoms with Crippen LogP contribution in [0.2, 0.25) is 0 Å². The number of aldehydes is 1. The molecule has 0 unspecified atom stereocenters. The normalized spacial score (nSPS) is 11.8. The molecule has 0 aliphatic rings. The van der Waals surface area contributed by atoms with E-state index in [0.29, 0.717) is 6.61 Å². The van der Waals surface area contributed by atoms with Crippen LogP contribution in [-0.2, 0) is 16.1 Å². The van der Waals surface area contributed by atoms with Gasteiger partial charge in [0.1, 0.15) is 11.9 Å². The molecule has 80 valence electrons. The van der Waals surface area contributed by atoms with Gasteiger partial charge in [0.2, 0.25) is 0 Å². The van der Waals surface area contributed by atoms with Crippen LogP contribution >= 0.6 is 0 Å². The predicted molar refractivity (Wildman–Crippen MR) is 57.8 cm³/mol. The van der Waals surface area contributed by atoms with E-state index >= 15 is 0 Å². The number of ether oxygens (including phenoxy) is 2. The van der Waals surface area contributed by atoms with Crippen molar-refractivity contribution in [3.8, 4) is 5.75 Å². The van der Waals surface area contributed by atoms with Crippen molar-refractivity contribution in [3.05, 3.63) is 42.5 Å². The van der Waals surface area contributed by atoms with Gasteiger partial charge in [-0.05, 0) is 17.7 Å². The molecule has 1 atom stereocenters. The van der Waals surface area contributed by atoms with Crippen molar-refractivity contribution in [2.75, 3.05) is 7.11 Å². The van der Waals surface area contributed by atoms with Crippen molar-refractivity contribution in [1.29, 1.82) is 0 Å². The number of hydrogen-bond donors (Lipinski definition) is 0. The molecule has 15 heavy (non-hydrogen) atoms. The van der Waals surface area contributed by atoms with Crippen molar-refractivity contribution >= 4 is 6.29 Å². The molecule has 0 radical (unpaired) electrons. The Morgan fingerprint density at radius 3 is 2.53 bits per heavy atom. The van der Waals surface area contributed by atoms with Gasteiger partial charge in [0.25, 0.3) is 0 Å². The second-order valence-electron chi connectivity index (χ2n) is 3.00. The lowest BCUT2D eigenvalue weighted by atomic mass is 10.2. The number of methoxy groups -OCH3 is 1. The fourth-order valence-electron chi connectivity index (χ4n) is 1.08. The van der Waals surface area contributed by atoms with Crippen LogP contribution in [0.15, 0.2) is 36.9 Å². The van der Waals surface area contributed by atoms with Crippen LogP contribution in [0.25, 0.3) is 0 Å². The summed E-state index contributed by atoms with van der Waals surface area (Å²) < 4.78 is 10.3. The van der Waals surface area contributed by atoms with Crippen molar-refractivity contribution in [2.24, 2.45) is 0 Å². The first kappa shape index (κ1) is 11.5. The van der Waals surface area contributed by atoms with Gasteiger partial charge in [-0.2, -0.15) is 0 Å². The number of rotatable bonds is 6. The van der Waals surface area contributed by atoms with E-state index in [1.54, 1.807) is 7.11 Å². The van der Waals surface area contributed by atoms with Gasteiger partial charge in [-0.25, -0.2) is 0 Å². The topological polar surface area (TPSA) is 35.5 Å². The number of hydrogen-bond acceptors (Lipinski definition) is 3. The fourth-order valence-corrected chi connectivity index (χ4v) is 1.08. The molecule has 3 heteroatoms. The Morgan fingerprint density at radius 2 is 2.07 bits per heavy atom. The maximum absolute atomic E-state index is 10.4. The van der Waals surface area contributed by atoms with Gasteiger partial charge in [-0.15, -0.1) is 6.58 Å². The molecule has 1 rings (SSSR count). The van der Waals surface area contributed by atoms with Gasteiger partial charge in [0.05, 0.1) is 13.7 Å². The van der Waals surface area contributed by atoms with E-state index in [1.807, 2.05) is 24.3 Å². The highest BCUT2D eigenvalue weighted by Crippen LogP contribution is 2.12. The summed E-state index contributed by atoms with van der Waals surface area (Å²) in [5.41, 5.74) is 0.990. The minimum Gasteiger partial charge on any atom is -0.497 e. The van der Waals surface area contributed by atoms with Crippen molar-refractivity contribution < 1.29 is 14.3 Å². The lowest BCUT2D eigenvalue weighted by Crippen LogP contribution is -2.10. The molecule has 0 spiro atoms. The van der Waals surface area contributed by atoms with E-state index < -0.39 is 6.10 Å². The zero-order valence-electron chi connectivity index (χ0n) is 8.68. The molecular weight excluding hydrogens is 192 g/mol. The fraction of sp³-hybridized carbons (Fsp3) is 0.250. The van der Waals surface area contributed by atoms with Gasteiger partial charge in [0, 0.05) is 0 Å². The average Bonchev–Trinajstić information content (AvgIpc) is 2.31. The van der Waals surface area contributed by atoms with Crippen LogP contribution in [0.5, 0.6) is 5.75 Å². The summed E-state index contributed by atoms with van der Waals surface area (Å²) in [5, 5.41) is 0. The summed E-state index contributed by atoms with van der Waals surface area (Å²) in [4.78, 5) is 10.4. The van der Waals surface area contributed by atoms with Gasteiger partial charge in [-0.1, -0.05) is 18.2 Å². The van der Waals surface area contributed by atoms with E-state index in [2.05, 4.69) is 6.58 Å². The average molecular weight is 206 g/mol. The van der Waals surface area contributed by atoms with E-state index in [4.69, 9.17) is 9.47 Å². The molecule has 0 aliphatic carbocycles. The molecule has 0 fully saturated rings. The third-order valence-electron chi connectivity index (χ3n) is 1.97. The lowest BCUT2D eigenvalue weighted by Gasteiger charge is -2.07. The number of carbonyl (C=O) groups is 1. The molecule has 0 aliphatic heterocycles. The van der Waals surface area contributed by atoms with Crippen LogP contribution in [0.4, 0.5) is 0 Å². The summed E-state index contributed by atoms with van der Waals surface area (Å²) in [5.74, 6) is 0.800. The molecule has 0 amide bonds. The maximum Gasteiger partial charge on any atom is 0.152 e. The molecule has 0 saturated carbocycles. The van der Waals surface area contributed by atoms with Crippen molar-refractivity contribution in [3.63, 3.8) is 0 Å². The summed E-state index contributed by atoms with van der Waals surface area (Å²) >= 11 is 0. The zero-order valence-corrected chi connectivity index (χ0v) is 8.68. The molecule has 1 aromatic carbocycles. The Hall–Kier alpha value is -1.61. The summed E-state index contributed by atoms with van der Waals surface area (Å²) in [7, 11) is 1.62. The quantitative estimate of drug-likeness (QED) is 0.527. The Morgan fingerprint density at radius 1 is 1.40 bits per heavy atom. The van der Waals surface area contributed by atoms with Crippen molar-refractivity contribution in [2.45, 2.75) is 12.7 Å². The monoisotopic (exact) mass is 206 g/mol. The first-order chi connectivity index (χ1) is 7.30. The van der Waals surface area contributed by atoms with Gasteiger partial charge >= 0.3 is 0 Å². The van der Waals surface area contributed by atoms with E-state index in [-0.39, 0.29) is 0 Å². The minimum atomic E-state index is -0.535. The standard InChI is InChI=1S/C12H14O3/c1-3-11(8-13)15-9-10-4-6-12(14-2)7-5-10/h3-8,11H,1,9H2,2H3/t11-/m1/s1. The molecular formula is C12H14O3.